The number of aromatic nitrogens is 2. The standard InChI is InChI=1S/C26H28ClN7O2S/c1-16(28)11-21(29)32-23-12-22(30-13-26(2)14-36-15-26)33-25(34-23)37-18-9-7-17(8-10-18)31-24(35)19-5-3-4-6-20(19)27/h3-10,12,28H,11,13-15H2,1-2H3,(H,31,35)(H3,29,30,32,33,34). The molecule has 0 bridgehead atoms. The first-order valence-corrected chi connectivity index (χ1v) is 12.8. The van der Waals surface area contributed by atoms with E-state index in [-0.39, 0.29) is 17.7 Å². The van der Waals surface area contributed by atoms with E-state index in [0.29, 0.717) is 64.4 Å². The van der Waals surface area contributed by atoms with Gasteiger partial charge in [-0.2, -0.15) is 0 Å². The van der Waals surface area contributed by atoms with Gasteiger partial charge in [0.15, 0.2) is 11.0 Å². The van der Waals surface area contributed by atoms with Gasteiger partial charge in [0.25, 0.3) is 5.91 Å². The summed E-state index contributed by atoms with van der Waals surface area (Å²) in [5.74, 6) is 1.08. The van der Waals surface area contributed by atoms with Crippen molar-refractivity contribution in [3.63, 3.8) is 0 Å². The predicted octanol–water partition coefficient (Wildman–Crippen LogP) is 5.40. The maximum Gasteiger partial charge on any atom is 0.257 e. The second kappa shape index (κ2) is 11.7. The molecule has 1 amide bonds. The lowest BCUT2D eigenvalue weighted by atomic mass is 9.89. The molecule has 2 heterocycles. The molecule has 1 aliphatic heterocycles. The molecule has 3 aromatic rings. The Hall–Kier alpha value is -3.47. The van der Waals surface area contributed by atoms with Gasteiger partial charge in [-0.15, -0.1) is 0 Å². The molecule has 5 N–H and O–H groups in total. The Labute approximate surface area is 224 Å². The summed E-state index contributed by atoms with van der Waals surface area (Å²) in [4.78, 5) is 27.0. The van der Waals surface area contributed by atoms with Gasteiger partial charge in [-0.1, -0.05) is 30.7 Å². The van der Waals surface area contributed by atoms with Crippen LogP contribution in [-0.2, 0) is 4.74 Å². The van der Waals surface area contributed by atoms with Crippen molar-refractivity contribution in [2.75, 3.05) is 30.4 Å². The van der Waals surface area contributed by atoms with Crippen LogP contribution in [0.2, 0.25) is 5.02 Å². The highest BCUT2D eigenvalue weighted by Crippen LogP contribution is 2.31. The van der Waals surface area contributed by atoms with E-state index in [4.69, 9.17) is 27.5 Å². The van der Waals surface area contributed by atoms with Crippen molar-refractivity contribution < 1.29 is 9.53 Å². The number of carbonyl (C=O) groups excluding carboxylic acids is 1. The molecule has 37 heavy (non-hydrogen) atoms. The number of ether oxygens (including phenoxy) is 1. The quantitative estimate of drug-likeness (QED) is 0.154. The molecule has 1 saturated heterocycles. The van der Waals surface area contributed by atoms with Crippen LogP contribution in [-0.4, -0.2) is 47.2 Å². The van der Waals surface area contributed by atoms with Crippen molar-refractivity contribution in [2.45, 2.75) is 30.3 Å². The normalized spacial score (nSPS) is 14.5. The van der Waals surface area contributed by atoms with Crippen LogP contribution >= 0.6 is 23.4 Å². The van der Waals surface area contributed by atoms with Gasteiger partial charge in [-0.25, -0.2) is 15.0 Å². The van der Waals surface area contributed by atoms with Gasteiger partial charge in [-0.05, 0) is 55.1 Å². The lowest BCUT2D eigenvalue weighted by molar-refractivity contribution is -0.0924. The third-order valence-electron chi connectivity index (χ3n) is 5.43. The molecule has 9 nitrogen and oxygen atoms in total. The summed E-state index contributed by atoms with van der Waals surface area (Å²) in [7, 11) is 0. The topological polar surface area (TPSA) is 138 Å². The minimum absolute atomic E-state index is 0.0578. The SMILES string of the molecule is CC(=N)CC(N)=Nc1cc(NCC2(C)COC2)nc(Sc2ccc(NC(=O)c3ccccc3Cl)cc2)n1. The Bertz CT molecular complexity index is 1330. The van der Waals surface area contributed by atoms with Crippen molar-refractivity contribution >= 4 is 58.1 Å². The molecule has 1 fully saturated rings. The average molecular weight is 538 g/mol. The third kappa shape index (κ3) is 7.51. The second-order valence-corrected chi connectivity index (χ2v) is 10.6. The van der Waals surface area contributed by atoms with E-state index in [0.717, 1.165) is 4.90 Å². The first kappa shape index (κ1) is 26.6. The highest BCUT2D eigenvalue weighted by atomic mass is 35.5. The monoisotopic (exact) mass is 537 g/mol. The zero-order valence-electron chi connectivity index (χ0n) is 20.5. The van der Waals surface area contributed by atoms with E-state index in [1.165, 1.54) is 11.8 Å². The number of halogens is 1. The fraction of sp³-hybridized carbons (Fsp3) is 0.269. The summed E-state index contributed by atoms with van der Waals surface area (Å²) in [6.07, 6.45) is 0.270. The van der Waals surface area contributed by atoms with E-state index in [2.05, 4.69) is 32.5 Å². The Balaban J connectivity index is 1.49. The number of nitrogens with zero attached hydrogens (tertiary/aromatic N) is 3. The van der Waals surface area contributed by atoms with Gasteiger partial charge >= 0.3 is 0 Å². The van der Waals surface area contributed by atoms with Crippen LogP contribution in [0.3, 0.4) is 0 Å². The minimum atomic E-state index is -0.279. The highest BCUT2D eigenvalue weighted by Gasteiger charge is 2.33. The van der Waals surface area contributed by atoms with Gasteiger partial charge in [-0.3, -0.25) is 4.79 Å². The number of benzene rings is 2. The fourth-order valence-corrected chi connectivity index (χ4v) is 4.46. The average Bonchev–Trinajstić information content (AvgIpc) is 2.82. The molecule has 1 aromatic heterocycles. The van der Waals surface area contributed by atoms with Gasteiger partial charge in [0.2, 0.25) is 0 Å². The van der Waals surface area contributed by atoms with Crippen LogP contribution in [0, 0.1) is 10.8 Å². The zero-order chi connectivity index (χ0) is 26.4. The minimum Gasteiger partial charge on any atom is -0.387 e. The van der Waals surface area contributed by atoms with Crippen molar-refractivity contribution in [1.82, 2.24) is 9.97 Å². The first-order valence-electron chi connectivity index (χ1n) is 11.6. The number of amidine groups is 1. The number of nitrogens with two attached hydrogens (primary N) is 1. The van der Waals surface area contributed by atoms with Crippen LogP contribution in [0.25, 0.3) is 0 Å². The Morgan fingerprint density at radius 2 is 1.95 bits per heavy atom. The fourth-order valence-electron chi connectivity index (χ4n) is 3.48. The van der Waals surface area contributed by atoms with Crippen molar-refractivity contribution in [1.29, 1.82) is 5.41 Å². The van der Waals surface area contributed by atoms with Crippen LogP contribution in [0.4, 0.5) is 17.3 Å². The van der Waals surface area contributed by atoms with E-state index >= 15 is 0 Å². The lowest BCUT2D eigenvalue weighted by Crippen LogP contribution is -2.45. The molecule has 0 atom stereocenters. The van der Waals surface area contributed by atoms with E-state index in [1.807, 2.05) is 12.1 Å². The predicted molar refractivity (Wildman–Crippen MR) is 149 cm³/mol. The van der Waals surface area contributed by atoms with Crippen molar-refractivity contribution in [3.8, 4) is 0 Å². The third-order valence-corrected chi connectivity index (χ3v) is 6.64. The van der Waals surface area contributed by atoms with Crippen LogP contribution < -0.4 is 16.4 Å². The Kier molecular flexibility index (Phi) is 8.42. The Morgan fingerprint density at radius 1 is 1.22 bits per heavy atom. The number of carbonyl (C=O) groups is 1. The number of anilines is 2. The molecule has 0 saturated carbocycles. The maximum absolute atomic E-state index is 12.5. The van der Waals surface area contributed by atoms with E-state index in [1.54, 1.807) is 49.4 Å². The molecule has 0 aliphatic carbocycles. The summed E-state index contributed by atoms with van der Waals surface area (Å²) in [6, 6.07) is 16.0. The molecule has 192 valence electrons. The number of aliphatic imine (C=N–C) groups is 1. The van der Waals surface area contributed by atoms with Gasteiger partial charge in [0.05, 0.1) is 23.8 Å². The van der Waals surface area contributed by atoms with Crippen LogP contribution in [0.5, 0.6) is 0 Å². The molecule has 0 radical (unpaired) electrons. The number of rotatable bonds is 10. The summed E-state index contributed by atoms with van der Waals surface area (Å²) >= 11 is 7.49. The molecule has 2 aromatic carbocycles. The summed E-state index contributed by atoms with van der Waals surface area (Å²) in [5, 5.41) is 14.8. The van der Waals surface area contributed by atoms with Gasteiger partial charge < -0.3 is 26.5 Å². The number of nitrogens with one attached hydrogen (secondary N) is 3. The van der Waals surface area contributed by atoms with Gasteiger partial charge in [0, 0.05) is 40.7 Å². The molecule has 0 spiro atoms. The lowest BCUT2D eigenvalue weighted by Gasteiger charge is -2.38. The highest BCUT2D eigenvalue weighted by molar-refractivity contribution is 7.99. The number of amides is 1. The first-order chi connectivity index (χ1) is 17.7. The van der Waals surface area contributed by atoms with Crippen LogP contribution in [0.15, 0.2) is 69.6 Å². The van der Waals surface area contributed by atoms with Crippen molar-refractivity contribution in [2.24, 2.45) is 16.1 Å². The number of hydrogen-bond donors (Lipinski definition) is 4. The zero-order valence-corrected chi connectivity index (χ0v) is 22.1. The molecule has 1 aliphatic rings. The number of hydrogen-bond acceptors (Lipinski definition) is 8. The smallest absolute Gasteiger partial charge is 0.257 e. The molecule has 0 unspecified atom stereocenters. The second-order valence-electron chi connectivity index (χ2n) is 9.17. The van der Waals surface area contributed by atoms with E-state index in [9.17, 15) is 4.79 Å². The molecular weight excluding hydrogens is 510 g/mol. The molecule has 4 rings (SSSR count). The summed E-state index contributed by atoms with van der Waals surface area (Å²) in [5.41, 5.74) is 7.53. The van der Waals surface area contributed by atoms with Crippen molar-refractivity contribution in [3.05, 3.63) is 65.2 Å². The summed E-state index contributed by atoms with van der Waals surface area (Å²) < 4.78 is 5.34. The largest absolute Gasteiger partial charge is 0.387 e. The molecular formula is C26H28ClN7O2S. The maximum atomic E-state index is 12.5. The summed E-state index contributed by atoms with van der Waals surface area (Å²) in [6.45, 7) is 5.92. The van der Waals surface area contributed by atoms with Gasteiger partial charge in [0.1, 0.15) is 11.7 Å². The Morgan fingerprint density at radius 3 is 2.59 bits per heavy atom. The van der Waals surface area contributed by atoms with E-state index < -0.39 is 0 Å². The van der Waals surface area contributed by atoms with Crippen LogP contribution in [0.1, 0.15) is 30.6 Å². The molecule has 11 heteroatoms.